The van der Waals surface area contributed by atoms with E-state index in [4.69, 9.17) is 4.43 Å². The number of hydrogen-bond donors (Lipinski definition) is 0. The second-order valence-electron chi connectivity index (χ2n) is 10.6. The van der Waals surface area contributed by atoms with Crippen LogP contribution in [0.4, 0.5) is 0 Å². The van der Waals surface area contributed by atoms with Crippen molar-refractivity contribution in [1.82, 2.24) is 4.90 Å². The highest BCUT2D eigenvalue weighted by molar-refractivity contribution is 6.74. The molecule has 0 bridgehead atoms. The van der Waals surface area contributed by atoms with Gasteiger partial charge in [0.25, 0.3) is 0 Å². The average molecular weight is 404 g/mol. The van der Waals surface area contributed by atoms with E-state index in [1.165, 1.54) is 0 Å². The Morgan fingerprint density at radius 1 is 1.11 bits per heavy atom. The van der Waals surface area contributed by atoms with Gasteiger partial charge in [0.2, 0.25) is 5.91 Å². The molecule has 2 atom stereocenters. The molecule has 4 nitrogen and oxygen atoms in total. The molecule has 0 N–H and O–H groups in total. The molecule has 1 fully saturated rings. The maximum atomic E-state index is 12.9. The second kappa shape index (κ2) is 8.11. The Morgan fingerprint density at radius 2 is 1.68 bits per heavy atom. The summed E-state index contributed by atoms with van der Waals surface area (Å²) in [7, 11) is -2.05. The van der Waals surface area contributed by atoms with Gasteiger partial charge < -0.3 is 9.33 Å². The van der Waals surface area contributed by atoms with E-state index in [0.717, 1.165) is 5.56 Å². The first kappa shape index (κ1) is 22.8. The number of carbonyl (C=O) groups excluding carboxylic acids is 2. The lowest BCUT2D eigenvalue weighted by Crippen LogP contribution is -2.48. The molecule has 2 rings (SSSR count). The van der Waals surface area contributed by atoms with Crippen LogP contribution in [-0.2, 0) is 20.6 Å². The molecule has 0 unspecified atom stereocenters. The predicted molar refractivity (Wildman–Crippen MR) is 117 cm³/mol. The number of carbonyl (C=O) groups is 2. The number of amides is 1. The van der Waals surface area contributed by atoms with Gasteiger partial charge >= 0.3 is 0 Å². The Kier molecular flexibility index (Phi) is 6.61. The summed E-state index contributed by atoms with van der Waals surface area (Å²) >= 11 is 0. The summed E-state index contributed by atoms with van der Waals surface area (Å²) in [6, 6.07) is 9.78. The normalized spacial score (nSPS) is 21.3. The molecule has 1 amide bonds. The zero-order chi connectivity index (χ0) is 21.3. The lowest BCUT2D eigenvalue weighted by atomic mass is 9.86. The van der Waals surface area contributed by atoms with Crippen LogP contribution in [0.1, 0.15) is 59.9 Å². The van der Waals surface area contributed by atoms with E-state index in [1.54, 1.807) is 0 Å². The predicted octanol–water partition coefficient (Wildman–Crippen LogP) is 5.18. The quantitative estimate of drug-likeness (QED) is 0.615. The van der Waals surface area contributed by atoms with Crippen molar-refractivity contribution < 1.29 is 14.0 Å². The van der Waals surface area contributed by atoms with Crippen LogP contribution in [-0.4, -0.2) is 37.1 Å². The molecule has 156 valence electrons. The number of hydrogen-bond acceptors (Lipinski definition) is 3. The van der Waals surface area contributed by atoms with Gasteiger partial charge in [0, 0.05) is 18.4 Å². The van der Waals surface area contributed by atoms with Crippen molar-refractivity contribution in [3.8, 4) is 0 Å². The highest BCUT2D eigenvalue weighted by Crippen LogP contribution is 2.40. The maximum absolute atomic E-state index is 12.9. The molecular weight excluding hydrogens is 366 g/mol. The molecule has 28 heavy (non-hydrogen) atoms. The molecule has 0 saturated carbocycles. The van der Waals surface area contributed by atoms with E-state index in [9.17, 15) is 9.59 Å². The third kappa shape index (κ3) is 5.32. The first-order chi connectivity index (χ1) is 12.7. The van der Waals surface area contributed by atoms with E-state index in [-0.39, 0.29) is 28.9 Å². The smallest absolute Gasteiger partial charge is 0.225 e. The average Bonchev–Trinajstić information content (AvgIpc) is 2.81. The lowest BCUT2D eigenvalue weighted by molar-refractivity contribution is -0.131. The van der Waals surface area contributed by atoms with Crippen LogP contribution < -0.4 is 0 Å². The Labute approximate surface area is 171 Å². The summed E-state index contributed by atoms with van der Waals surface area (Å²) in [5, 5.41) is 0.0570. The molecule has 0 aromatic heterocycles. The molecule has 1 aliphatic rings. The molecular formula is C23H37NO3Si. The second-order valence-corrected chi connectivity index (χ2v) is 15.3. The summed E-state index contributed by atoms with van der Waals surface area (Å²) in [4.78, 5) is 27.6. The zero-order valence-corrected chi connectivity index (χ0v) is 19.8. The van der Waals surface area contributed by atoms with Crippen LogP contribution in [0.15, 0.2) is 30.3 Å². The van der Waals surface area contributed by atoms with Crippen molar-refractivity contribution in [2.45, 2.75) is 91.2 Å². The Bertz CT molecular complexity index is 701. The summed E-state index contributed by atoms with van der Waals surface area (Å²) in [5.74, 6) is 0.258. The number of rotatable bonds is 6. The summed E-state index contributed by atoms with van der Waals surface area (Å²) < 4.78 is 6.65. The van der Waals surface area contributed by atoms with Gasteiger partial charge in [-0.2, -0.15) is 0 Å². The summed E-state index contributed by atoms with van der Waals surface area (Å²) in [6.07, 6.45) is 0.492. The van der Waals surface area contributed by atoms with Crippen LogP contribution in [0.25, 0.3) is 0 Å². The van der Waals surface area contributed by atoms with Crippen LogP contribution >= 0.6 is 0 Å². The van der Waals surface area contributed by atoms with Crippen LogP contribution in [0.2, 0.25) is 18.1 Å². The standard InChI is InChI=1S/C23H37NO3Si/c1-22(2,3)20(25)14-18-19(27-28(7,8)23(4,5)6)15-21(26)24(18)16-17-12-10-9-11-13-17/h9-13,18-19H,14-16H2,1-8H3/t18-,19+/m1/s1. The molecule has 0 aliphatic carbocycles. The van der Waals surface area contributed by atoms with Gasteiger partial charge in [0.1, 0.15) is 5.78 Å². The van der Waals surface area contributed by atoms with Crippen molar-refractivity contribution >= 4 is 20.0 Å². The van der Waals surface area contributed by atoms with Crippen molar-refractivity contribution in [1.29, 1.82) is 0 Å². The number of Topliss-reactive ketones (excluding diaryl/α,β-unsaturated/α-hetero) is 1. The van der Waals surface area contributed by atoms with E-state index < -0.39 is 13.7 Å². The highest BCUT2D eigenvalue weighted by atomic mass is 28.4. The minimum atomic E-state index is -2.05. The summed E-state index contributed by atoms with van der Waals surface area (Å²) in [5.41, 5.74) is 0.656. The largest absolute Gasteiger partial charge is 0.411 e. The van der Waals surface area contributed by atoms with Gasteiger partial charge in [-0.15, -0.1) is 0 Å². The Hall–Kier alpha value is -1.46. The van der Waals surface area contributed by atoms with Gasteiger partial charge in [-0.05, 0) is 23.7 Å². The minimum Gasteiger partial charge on any atom is -0.411 e. The van der Waals surface area contributed by atoms with Crippen LogP contribution in [0.3, 0.4) is 0 Å². The van der Waals surface area contributed by atoms with Gasteiger partial charge in [-0.1, -0.05) is 71.9 Å². The fraction of sp³-hybridized carbons (Fsp3) is 0.652. The monoisotopic (exact) mass is 403 g/mol. The topological polar surface area (TPSA) is 46.6 Å². The Morgan fingerprint density at radius 3 is 2.18 bits per heavy atom. The van der Waals surface area contributed by atoms with Crippen LogP contribution in [0, 0.1) is 5.41 Å². The lowest BCUT2D eigenvalue weighted by Gasteiger charge is -2.40. The van der Waals surface area contributed by atoms with Crippen molar-refractivity contribution in [2.24, 2.45) is 5.41 Å². The van der Waals surface area contributed by atoms with E-state index in [1.807, 2.05) is 56.0 Å². The third-order valence-electron chi connectivity index (χ3n) is 6.20. The van der Waals surface area contributed by atoms with Gasteiger partial charge in [0.15, 0.2) is 8.32 Å². The molecule has 1 aromatic carbocycles. The van der Waals surface area contributed by atoms with E-state index >= 15 is 0 Å². The maximum Gasteiger partial charge on any atom is 0.225 e. The SMILES string of the molecule is CC(C)(C)C(=O)C[C@@H]1[C@@H](O[Si](C)(C)C(C)(C)C)CC(=O)N1Cc1ccccc1. The minimum absolute atomic E-state index is 0.0570. The van der Waals surface area contributed by atoms with Crippen molar-refractivity contribution in [3.63, 3.8) is 0 Å². The van der Waals surface area contributed by atoms with Gasteiger partial charge in [-0.3, -0.25) is 9.59 Å². The number of nitrogens with zero attached hydrogens (tertiary/aromatic N) is 1. The van der Waals surface area contributed by atoms with Crippen molar-refractivity contribution in [3.05, 3.63) is 35.9 Å². The molecule has 1 saturated heterocycles. The number of likely N-dealkylation sites (tertiary alicyclic amines) is 1. The molecule has 0 spiro atoms. The molecule has 1 aromatic rings. The first-order valence-electron chi connectivity index (χ1n) is 10.3. The fourth-order valence-electron chi connectivity index (χ4n) is 3.21. The Balaban J connectivity index is 2.30. The van der Waals surface area contributed by atoms with Crippen molar-refractivity contribution in [2.75, 3.05) is 0 Å². The molecule has 1 aliphatic heterocycles. The van der Waals surface area contributed by atoms with E-state index in [0.29, 0.717) is 19.4 Å². The zero-order valence-electron chi connectivity index (χ0n) is 18.8. The first-order valence-corrected chi connectivity index (χ1v) is 13.2. The number of benzene rings is 1. The molecule has 0 radical (unpaired) electrons. The van der Waals surface area contributed by atoms with E-state index in [2.05, 4.69) is 33.9 Å². The third-order valence-corrected chi connectivity index (χ3v) is 10.7. The molecule has 1 heterocycles. The molecule has 5 heteroatoms. The highest BCUT2D eigenvalue weighted by Gasteiger charge is 2.47. The number of ketones is 1. The summed E-state index contributed by atoms with van der Waals surface area (Å²) in [6.45, 7) is 17.4. The van der Waals surface area contributed by atoms with Gasteiger partial charge in [0.05, 0.1) is 18.6 Å². The fourth-order valence-corrected chi connectivity index (χ4v) is 4.56. The van der Waals surface area contributed by atoms with Gasteiger partial charge in [-0.25, -0.2) is 0 Å². The van der Waals surface area contributed by atoms with Crippen LogP contribution in [0.5, 0.6) is 0 Å².